The fourth-order valence-corrected chi connectivity index (χ4v) is 3.11. The second-order valence-electron chi connectivity index (χ2n) is 3.53. The lowest BCUT2D eigenvalue weighted by atomic mass is 10.2. The number of rotatable bonds is 7. The van der Waals surface area contributed by atoms with Crippen LogP contribution >= 0.6 is 21.6 Å². The molecule has 0 aliphatic heterocycles. The summed E-state index contributed by atoms with van der Waals surface area (Å²) in [4.78, 5) is 24.3. The van der Waals surface area contributed by atoms with Gasteiger partial charge >= 0.3 is 5.97 Å². The van der Waals surface area contributed by atoms with Crippen LogP contribution in [0.5, 0.6) is 0 Å². The molecule has 0 aliphatic rings. The Labute approximate surface area is 112 Å². The number of pyridine rings is 1. The molecule has 8 heteroatoms. The molecule has 1 aromatic rings. The van der Waals surface area contributed by atoms with Crippen molar-refractivity contribution in [1.29, 1.82) is 0 Å². The summed E-state index contributed by atoms with van der Waals surface area (Å²) in [5.74, 6) is -0.805. The monoisotopic (exact) mass is 288 g/mol. The van der Waals surface area contributed by atoms with E-state index in [4.69, 9.17) is 5.11 Å². The number of carboxylic acid groups (broad SMARTS) is 1. The maximum atomic E-state index is 10.4. The van der Waals surface area contributed by atoms with Crippen LogP contribution in [-0.4, -0.2) is 26.2 Å². The Bertz CT molecular complexity index is 424. The molecule has 0 amide bonds. The number of carboxylic acids is 1. The molecule has 0 fully saturated rings. The van der Waals surface area contributed by atoms with E-state index in [-0.39, 0.29) is 17.4 Å². The molecule has 0 saturated carbocycles. The van der Waals surface area contributed by atoms with Crippen molar-refractivity contribution in [1.82, 2.24) is 4.98 Å². The summed E-state index contributed by atoms with van der Waals surface area (Å²) < 4.78 is 0. The van der Waals surface area contributed by atoms with Crippen molar-refractivity contribution in [2.24, 2.45) is 0 Å². The maximum Gasteiger partial charge on any atom is 0.303 e. The van der Waals surface area contributed by atoms with Crippen LogP contribution in [-0.2, 0) is 4.79 Å². The molecule has 1 atom stereocenters. The molecule has 0 unspecified atom stereocenters. The summed E-state index contributed by atoms with van der Waals surface area (Å²) in [5, 5.41) is 19.8. The minimum absolute atomic E-state index is 0.0386. The predicted octanol–water partition coefficient (Wildman–Crippen LogP) is 2.98. The van der Waals surface area contributed by atoms with Gasteiger partial charge in [0.25, 0.3) is 5.69 Å². The Kier molecular flexibility index (Phi) is 5.93. The minimum atomic E-state index is -0.805. The van der Waals surface area contributed by atoms with Gasteiger partial charge in [-0.3, -0.25) is 14.9 Å². The molecule has 0 spiro atoms. The Morgan fingerprint density at radius 1 is 1.61 bits per heavy atom. The lowest BCUT2D eigenvalue weighted by molar-refractivity contribution is -0.385. The van der Waals surface area contributed by atoms with Gasteiger partial charge in [-0.2, -0.15) is 0 Å². The van der Waals surface area contributed by atoms with Gasteiger partial charge in [-0.1, -0.05) is 17.7 Å². The van der Waals surface area contributed by atoms with Crippen LogP contribution in [0.15, 0.2) is 23.4 Å². The number of nitro groups is 1. The SMILES string of the molecule is C[C@@H](CCC(=O)O)SSc1ccc([N+](=O)[O-])cn1. The van der Waals surface area contributed by atoms with Crippen LogP contribution in [0.3, 0.4) is 0 Å². The van der Waals surface area contributed by atoms with Crippen molar-refractivity contribution in [2.45, 2.75) is 30.0 Å². The van der Waals surface area contributed by atoms with Gasteiger partial charge < -0.3 is 5.11 Å². The van der Waals surface area contributed by atoms with Crippen molar-refractivity contribution < 1.29 is 14.8 Å². The average Bonchev–Trinajstić information content (AvgIpc) is 2.34. The third-order valence-corrected chi connectivity index (χ3v) is 4.85. The van der Waals surface area contributed by atoms with Gasteiger partial charge in [0.2, 0.25) is 0 Å². The van der Waals surface area contributed by atoms with Crippen molar-refractivity contribution in [2.75, 3.05) is 0 Å². The fourth-order valence-electron chi connectivity index (χ4n) is 1.04. The lowest BCUT2D eigenvalue weighted by Crippen LogP contribution is -2.01. The van der Waals surface area contributed by atoms with E-state index in [0.29, 0.717) is 11.4 Å². The predicted molar refractivity (Wildman–Crippen MR) is 70.7 cm³/mol. The molecule has 0 bridgehead atoms. The Hall–Kier alpha value is -1.28. The van der Waals surface area contributed by atoms with Crippen LogP contribution in [0.25, 0.3) is 0 Å². The molecule has 0 aromatic carbocycles. The van der Waals surface area contributed by atoms with Crippen LogP contribution in [0.1, 0.15) is 19.8 Å². The van der Waals surface area contributed by atoms with Crippen molar-refractivity contribution in [3.63, 3.8) is 0 Å². The third-order valence-electron chi connectivity index (χ3n) is 1.99. The number of hydrogen-bond acceptors (Lipinski definition) is 6. The summed E-state index contributed by atoms with van der Waals surface area (Å²) in [6, 6.07) is 2.98. The lowest BCUT2D eigenvalue weighted by Gasteiger charge is -2.07. The van der Waals surface area contributed by atoms with Gasteiger partial charge in [0, 0.05) is 17.7 Å². The Balaban J connectivity index is 2.39. The Morgan fingerprint density at radius 3 is 2.83 bits per heavy atom. The van der Waals surface area contributed by atoms with Gasteiger partial charge in [0.05, 0.1) is 4.92 Å². The van der Waals surface area contributed by atoms with Crippen molar-refractivity contribution in [3.8, 4) is 0 Å². The fraction of sp³-hybridized carbons (Fsp3) is 0.400. The highest BCUT2D eigenvalue weighted by atomic mass is 33.1. The molecule has 1 heterocycles. The molecule has 1 rings (SSSR count). The zero-order valence-electron chi connectivity index (χ0n) is 9.61. The first-order valence-corrected chi connectivity index (χ1v) is 7.36. The maximum absolute atomic E-state index is 10.4. The molecular formula is C10H12N2O4S2. The normalized spacial score (nSPS) is 12.1. The van der Waals surface area contributed by atoms with Crippen LogP contribution in [0, 0.1) is 10.1 Å². The van der Waals surface area contributed by atoms with Crippen LogP contribution < -0.4 is 0 Å². The zero-order valence-corrected chi connectivity index (χ0v) is 11.2. The second kappa shape index (κ2) is 7.22. The third kappa shape index (κ3) is 5.37. The largest absolute Gasteiger partial charge is 0.481 e. The van der Waals surface area contributed by atoms with E-state index in [9.17, 15) is 14.9 Å². The van der Waals surface area contributed by atoms with E-state index in [1.807, 2.05) is 6.92 Å². The standard InChI is InChI=1S/C10H12N2O4S2/c1-7(2-5-10(13)14)17-18-9-4-3-8(6-11-9)12(15)16/h3-4,6-7H,2,5H2,1H3,(H,13,14)/t7-/m0/s1. The zero-order chi connectivity index (χ0) is 13.5. The molecule has 1 aromatic heterocycles. The van der Waals surface area contributed by atoms with Gasteiger partial charge in [-0.15, -0.1) is 0 Å². The molecule has 18 heavy (non-hydrogen) atoms. The average molecular weight is 288 g/mol. The number of nitrogens with zero attached hydrogens (tertiary/aromatic N) is 2. The van der Waals surface area contributed by atoms with E-state index in [1.54, 1.807) is 6.07 Å². The van der Waals surface area contributed by atoms with E-state index < -0.39 is 10.9 Å². The summed E-state index contributed by atoms with van der Waals surface area (Å²) in [5.41, 5.74) is -0.0386. The number of aromatic nitrogens is 1. The van der Waals surface area contributed by atoms with Gasteiger partial charge in [0.15, 0.2) is 0 Å². The second-order valence-corrected chi connectivity index (χ2v) is 6.19. The summed E-state index contributed by atoms with van der Waals surface area (Å²) >= 11 is 0. The summed E-state index contributed by atoms with van der Waals surface area (Å²) in [6.07, 6.45) is 1.94. The van der Waals surface area contributed by atoms with Crippen molar-refractivity contribution >= 4 is 33.2 Å². The van der Waals surface area contributed by atoms with Gasteiger partial charge in [-0.05, 0) is 23.3 Å². The molecule has 1 N–H and O–H groups in total. The molecule has 0 radical (unpaired) electrons. The molecular weight excluding hydrogens is 276 g/mol. The van der Waals surface area contributed by atoms with Gasteiger partial charge in [-0.25, -0.2) is 4.98 Å². The first kappa shape index (κ1) is 14.8. The van der Waals surface area contributed by atoms with E-state index in [1.165, 1.54) is 33.9 Å². The number of aliphatic carboxylic acids is 1. The Morgan fingerprint density at radius 2 is 2.33 bits per heavy atom. The topological polar surface area (TPSA) is 93.3 Å². The first-order chi connectivity index (χ1) is 8.49. The van der Waals surface area contributed by atoms with Gasteiger partial charge in [0.1, 0.15) is 11.2 Å². The quantitative estimate of drug-likeness (QED) is 0.468. The number of carbonyl (C=O) groups is 1. The van der Waals surface area contributed by atoms with E-state index in [0.717, 1.165) is 0 Å². The molecule has 0 aliphatic carbocycles. The highest BCUT2D eigenvalue weighted by Gasteiger charge is 2.09. The number of hydrogen-bond donors (Lipinski definition) is 1. The highest BCUT2D eigenvalue weighted by molar-refractivity contribution is 8.76. The molecule has 98 valence electrons. The first-order valence-electron chi connectivity index (χ1n) is 5.14. The summed E-state index contributed by atoms with van der Waals surface area (Å²) in [7, 11) is 2.90. The van der Waals surface area contributed by atoms with Crippen LogP contribution in [0.2, 0.25) is 0 Å². The van der Waals surface area contributed by atoms with E-state index >= 15 is 0 Å². The molecule has 6 nitrogen and oxygen atoms in total. The van der Waals surface area contributed by atoms with E-state index in [2.05, 4.69) is 4.98 Å². The van der Waals surface area contributed by atoms with Crippen LogP contribution in [0.4, 0.5) is 5.69 Å². The smallest absolute Gasteiger partial charge is 0.303 e. The minimum Gasteiger partial charge on any atom is -0.481 e. The highest BCUT2D eigenvalue weighted by Crippen LogP contribution is 2.35. The molecule has 0 saturated heterocycles. The summed E-state index contributed by atoms with van der Waals surface area (Å²) in [6.45, 7) is 1.94. The van der Waals surface area contributed by atoms with Crippen molar-refractivity contribution in [3.05, 3.63) is 28.4 Å².